The summed E-state index contributed by atoms with van der Waals surface area (Å²) in [4.78, 5) is 25.1. The number of ether oxygens (including phenoxy) is 2. The highest BCUT2D eigenvalue weighted by Crippen LogP contribution is 2.27. The molecule has 1 amide bonds. The average molecular weight is 380 g/mol. The van der Waals surface area contributed by atoms with Crippen LogP contribution in [0.3, 0.4) is 0 Å². The number of benzene rings is 2. The zero-order valence-corrected chi connectivity index (χ0v) is 15.4. The van der Waals surface area contributed by atoms with Gasteiger partial charge in [-0.15, -0.1) is 11.8 Å². The molecule has 0 saturated heterocycles. The van der Waals surface area contributed by atoms with Crippen LogP contribution in [0.4, 0.5) is 5.69 Å². The molecule has 132 valence electrons. The first-order valence-corrected chi connectivity index (χ1v) is 8.87. The van der Waals surface area contributed by atoms with E-state index in [4.69, 9.17) is 21.1 Å². The van der Waals surface area contributed by atoms with Crippen LogP contribution in [0.25, 0.3) is 0 Å². The maximum Gasteiger partial charge on any atom is 0.317 e. The topological polar surface area (TPSA) is 64.6 Å². The standard InChI is InChI=1S/C18H18ClNO4S/c1-12(24-17(21)11-25-14-6-4-3-5-7-14)18(22)20-15-10-13(19)8-9-16(15)23-2/h3-10,12H,11H2,1-2H3,(H,20,22)/t12-/m0/s1. The van der Waals surface area contributed by atoms with E-state index in [0.717, 1.165) is 4.90 Å². The minimum Gasteiger partial charge on any atom is -0.495 e. The van der Waals surface area contributed by atoms with Gasteiger partial charge >= 0.3 is 5.97 Å². The molecule has 1 N–H and O–H groups in total. The van der Waals surface area contributed by atoms with Gasteiger partial charge in [-0.1, -0.05) is 29.8 Å². The van der Waals surface area contributed by atoms with Gasteiger partial charge in [0.15, 0.2) is 6.10 Å². The molecule has 0 unspecified atom stereocenters. The zero-order chi connectivity index (χ0) is 18.2. The van der Waals surface area contributed by atoms with Crippen molar-refractivity contribution in [2.75, 3.05) is 18.2 Å². The first-order chi connectivity index (χ1) is 12.0. The summed E-state index contributed by atoms with van der Waals surface area (Å²) in [5.74, 6) is -0.327. The van der Waals surface area contributed by atoms with Crippen LogP contribution in [0.1, 0.15) is 6.92 Å². The fourth-order valence-electron chi connectivity index (χ4n) is 1.96. The van der Waals surface area contributed by atoms with Gasteiger partial charge < -0.3 is 14.8 Å². The van der Waals surface area contributed by atoms with E-state index in [1.165, 1.54) is 25.8 Å². The predicted octanol–water partition coefficient (Wildman–Crippen LogP) is 4.01. The third-order valence-electron chi connectivity index (χ3n) is 3.20. The third kappa shape index (κ3) is 5.99. The van der Waals surface area contributed by atoms with Crippen LogP contribution < -0.4 is 10.1 Å². The second kappa shape index (κ2) is 9.34. The molecule has 0 aliphatic heterocycles. The van der Waals surface area contributed by atoms with Crippen molar-refractivity contribution in [2.24, 2.45) is 0 Å². The molecule has 1 atom stereocenters. The van der Waals surface area contributed by atoms with Crippen LogP contribution in [0.5, 0.6) is 5.75 Å². The van der Waals surface area contributed by atoms with Crippen molar-refractivity contribution in [3.05, 3.63) is 53.6 Å². The Labute approximate surface area is 155 Å². The van der Waals surface area contributed by atoms with Gasteiger partial charge in [-0.25, -0.2) is 0 Å². The number of thioether (sulfide) groups is 1. The van der Waals surface area contributed by atoms with Crippen LogP contribution in [0, 0.1) is 0 Å². The molecule has 25 heavy (non-hydrogen) atoms. The maximum absolute atomic E-state index is 12.2. The van der Waals surface area contributed by atoms with Gasteiger partial charge in [-0.2, -0.15) is 0 Å². The fraction of sp³-hybridized carbons (Fsp3) is 0.222. The number of anilines is 1. The normalized spacial score (nSPS) is 11.5. The molecule has 2 rings (SSSR count). The molecule has 0 aromatic heterocycles. The SMILES string of the molecule is COc1ccc(Cl)cc1NC(=O)[C@H](C)OC(=O)CSc1ccccc1. The lowest BCUT2D eigenvalue weighted by Crippen LogP contribution is -2.30. The summed E-state index contributed by atoms with van der Waals surface area (Å²) in [6.45, 7) is 1.51. The molecule has 7 heteroatoms. The molecule has 0 heterocycles. The Kier molecular flexibility index (Phi) is 7.16. The third-order valence-corrected chi connectivity index (χ3v) is 4.42. The van der Waals surface area contributed by atoms with Crippen molar-refractivity contribution in [3.63, 3.8) is 0 Å². The monoisotopic (exact) mass is 379 g/mol. The molecule has 0 saturated carbocycles. The molecule has 0 fully saturated rings. The van der Waals surface area contributed by atoms with Gasteiger partial charge in [0, 0.05) is 9.92 Å². The Morgan fingerprint density at radius 1 is 1.20 bits per heavy atom. The Morgan fingerprint density at radius 2 is 1.92 bits per heavy atom. The van der Waals surface area contributed by atoms with Crippen LogP contribution in [-0.2, 0) is 14.3 Å². The lowest BCUT2D eigenvalue weighted by molar-refractivity contribution is -0.150. The maximum atomic E-state index is 12.2. The molecule has 0 radical (unpaired) electrons. The van der Waals surface area contributed by atoms with Crippen LogP contribution in [0.2, 0.25) is 5.02 Å². The zero-order valence-electron chi connectivity index (χ0n) is 13.8. The van der Waals surface area contributed by atoms with E-state index in [9.17, 15) is 9.59 Å². The Bertz CT molecular complexity index is 739. The highest BCUT2D eigenvalue weighted by atomic mass is 35.5. The summed E-state index contributed by atoms with van der Waals surface area (Å²) in [5.41, 5.74) is 0.418. The largest absolute Gasteiger partial charge is 0.495 e. The van der Waals surface area contributed by atoms with E-state index in [-0.39, 0.29) is 5.75 Å². The number of hydrogen-bond acceptors (Lipinski definition) is 5. The smallest absolute Gasteiger partial charge is 0.317 e. The van der Waals surface area contributed by atoms with Crippen molar-refractivity contribution in [1.82, 2.24) is 0 Å². The van der Waals surface area contributed by atoms with Crippen LogP contribution >= 0.6 is 23.4 Å². The summed E-state index contributed by atoms with van der Waals surface area (Å²) in [5, 5.41) is 3.11. The first-order valence-electron chi connectivity index (χ1n) is 7.51. The minimum atomic E-state index is -0.937. The molecule has 2 aromatic carbocycles. The molecule has 5 nitrogen and oxygen atoms in total. The van der Waals surface area contributed by atoms with Gasteiger partial charge in [0.1, 0.15) is 5.75 Å². The average Bonchev–Trinajstić information content (AvgIpc) is 2.61. The number of hydrogen-bond donors (Lipinski definition) is 1. The lowest BCUT2D eigenvalue weighted by Gasteiger charge is -2.15. The molecule has 0 aliphatic rings. The number of carbonyl (C=O) groups is 2. The molecular weight excluding hydrogens is 362 g/mol. The number of esters is 1. The van der Waals surface area contributed by atoms with E-state index in [2.05, 4.69) is 5.32 Å². The van der Waals surface area contributed by atoms with Crippen LogP contribution in [-0.4, -0.2) is 30.8 Å². The van der Waals surface area contributed by atoms with E-state index in [0.29, 0.717) is 16.5 Å². The second-order valence-corrected chi connectivity index (χ2v) is 6.55. The van der Waals surface area contributed by atoms with E-state index in [1.807, 2.05) is 30.3 Å². The molecular formula is C18H18ClNO4S. The fourth-order valence-corrected chi connectivity index (χ4v) is 2.83. The van der Waals surface area contributed by atoms with E-state index >= 15 is 0 Å². The molecule has 0 aliphatic carbocycles. The summed E-state index contributed by atoms with van der Waals surface area (Å²) >= 11 is 7.28. The lowest BCUT2D eigenvalue weighted by atomic mass is 10.2. The number of rotatable bonds is 7. The summed E-state index contributed by atoms with van der Waals surface area (Å²) in [6.07, 6.45) is -0.937. The van der Waals surface area contributed by atoms with Crippen molar-refractivity contribution in [2.45, 2.75) is 17.9 Å². The molecule has 0 spiro atoms. The number of nitrogens with one attached hydrogen (secondary N) is 1. The number of carbonyl (C=O) groups excluding carboxylic acids is 2. The highest BCUT2D eigenvalue weighted by Gasteiger charge is 2.19. The summed E-state index contributed by atoms with van der Waals surface area (Å²) in [6, 6.07) is 14.4. The van der Waals surface area contributed by atoms with Gasteiger partial charge in [0.25, 0.3) is 5.91 Å². The second-order valence-electron chi connectivity index (χ2n) is 5.07. The van der Waals surface area contributed by atoms with Gasteiger partial charge in [0.05, 0.1) is 18.6 Å². The number of amides is 1. The van der Waals surface area contributed by atoms with Crippen LogP contribution in [0.15, 0.2) is 53.4 Å². The number of methoxy groups -OCH3 is 1. The number of halogens is 1. The minimum absolute atomic E-state index is 0.127. The van der Waals surface area contributed by atoms with Gasteiger partial charge in [0.2, 0.25) is 0 Å². The predicted molar refractivity (Wildman–Crippen MR) is 99.4 cm³/mol. The van der Waals surface area contributed by atoms with Crippen molar-refractivity contribution >= 4 is 40.9 Å². The molecule has 2 aromatic rings. The van der Waals surface area contributed by atoms with Crippen molar-refractivity contribution < 1.29 is 19.1 Å². The van der Waals surface area contributed by atoms with Crippen molar-refractivity contribution in [1.29, 1.82) is 0 Å². The first kappa shape index (κ1) is 19.1. The van der Waals surface area contributed by atoms with Gasteiger partial charge in [-0.05, 0) is 37.3 Å². The Morgan fingerprint density at radius 3 is 2.60 bits per heavy atom. The van der Waals surface area contributed by atoms with E-state index in [1.54, 1.807) is 18.2 Å². The Hall–Kier alpha value is -2.18. The highest BCUT2D eigenvalue weighted by molar-refractivity contribution is 8.00. The van der Waals surface area contributed by atoms with E-state index < -0.39 is 18.0 Å². The summed E-state index contributed by atoms with van der Waals surface area (Å²) in [7, 11) is 1.49. The van der Waals surface area contributed by atoms with Crippen molar-refractivity contribution in [3.8, 4) is 5.75 Å². The van der Waals surface area contributed by atoms with Gasteiger partial charge in [-0.3, -0.25) is 9.59 Å². The Balaban J connectivity index is 1.87. The molecule has 0 bridgehead atoms. The summed E-state index contributed by atoms with van der Waals surface area (Å²) < 4.78 is 10.3. The quantitative estimate of drug-likeness (QED) is 0.581.